The van der Waals surface area contributed by atoms with Crippen molar-refractivity contribution in [3.63, 3.8) is 0 Å². The molecule has 0 fully saturated rings. The van der Waals surface area contributed by atoms with Crippen LogP contribution in [0.25, 0.3) is 0 Å². The maximum Gasteiger partial charge on any atom is 0.274 e. The van der Waals surface area contributed by atoms with E-state index in [1.54, 1.807) is 30.5 Å². The number of fused-ring (bicyclic) bond motifs is 1. The molecule has 1 N–H and O–H groups in total. The molecule has 0 atom stereocenters. The molecule has 2 heterocycles. The lowest BCUT2D eigenvalue weighted by atomic mass is 10.2. The molecule has 0 bridgehead atoms. The number of rotatable bonds is 5. The highest BCUT2D eigenvalue weighted by molar-refractivity contribution is 6.03. The van der Waals surface area contributed by atoms with E-state index in [1.807, 2.05) is 42.2 Å². The summed E-state index contributed by atoms with van der Waals surface area (Å²) in [5, 5.41) is 2.83. The van der Waals surface area contributed by atoms with Crippen molar-refractivity contribution in [1.82, 2.24) is 9.97 Å². The molecule has 136 valence electrons. The minimum Gasteiger partial charge on any atom is -0.454 e. The molecule has 1 aliphatic heterocycles. The Labute approximate surface area is 156 Å². The minimum absolute atomic E-state index is 0.189. The summed E-state index contributed by atoms with van der Waals surface area (Å²) >= 11 is 0. The number of nitrogens with zero attached hydrogens (tertiary/aromatic N) is 3. The van der Waals surface area contributed by atoms with E-state index in [0.29, 0.717) is 29.7 Å². The summed E-state index contributed by atoms with van der Waals surface area (Å²) < 4.78 is 10.6. The van der Waals surface area contributed by atoms with Gasteiger partial charge in [-0.3, -0.25) is 4.79 Å². The second kappa shape index (κ2) is 7.33. The van der Waals surface area contributed by atoms with Gasteiger partial charge in [0.25, 0.3) is 5.91 Å². The van der Waals surface area contributed by atoms with Crippen LogP contribution < -0.4 is 19.7 Å². The first kappa shape index (κ1) is 16.8. The lowest BCUT2D eigenvalue weighted by Crippen LogP contribution is -2.21. The second-order valence-corrected chi connectivity index (χ2v) is 5.84. The molecule has 27 heavy (non-hydrogen) atoms. The predicted molar refractivity (Wildman–Crippen MR) is 102 cm³/mol. The molecule has 0 saturated carbocycles. The SMILES string of the molecule is CCN(c1ccccc1)c1nccc(C(=O)Nc2ccc3c(c2)OCO3)n1. The summed E-state index contributed by atoms with van der Waals surface area (Å²) in [6.07, 6.45) is 1.59. The third kappa shape index (κ3) is 3.52. The average Bonchev–Trinajstić information content (AvgIpc) is 3.17. The van der Waals surface area contributed by atoms with Crippen LogP contribution in [0.5, 0.6) is 11.5 Å². The number of hydrogen-bond acceptors (Lipinski definition) is 6. The Morgan fingerprint density at radius 1 is 1.11 bits per heavy atom. The van der Waals surface area contributed by atoms with Crippen molar-refractivity contribution in [3.05, 3.63) is 66.5 Å². The first-order valence-electron chi connectivity index (χ1n) is 8.61. The van der Waals surface area contributed by atoms with E-state index in [1.165, 1.54) is 0 Å². The normalized spacial score (nSPS) is 11.9. The van der Waals surface area contributed by atoms with Gasteiger partial charge in [-0.05, 0) is 37.3 Å². The highest BCUT2D eigenvalue weighted by Crippen LogP contribution is 2.34. The quantitative estimate of drug-likeness (QED) is 0.747. The molecule has 4 rings (SSSR count). The van der Waals surface area contributed by atoms with Gasteiger partial charge >= 0.3 is 0 Å². The van der Waals surface area contributed by atoms with Gasteiger partial charge in [0, 0.05) is 30.2 Å². The summed E-state index contributed by atoms with van der Waals surface area (Å²) in [6.45, 7) is 2.88. The number of benzene rings is 2. The van der Waals surface area contributed by atoms with Gasteiger partial charge in [0.15, 0.2) is 11.5 Å². The van der Waals surface area contributed by atoms with Crippen molar-refractivity contribution in [2.24, 2.45) is 0 Å². The smallest absolute Gasteiger partial charge is 0.274 e. The van der Waals surface area contributed by atoms with Crippen LogP contribution in [0, 0.1) is 0 Å². The molecular weight excluding hydrogens is 344 g/mol. The van der Waals surface area contributed by atoms with Gasteiger partial charge in [0.2, 0.25) is 12.7 Å². The van der Waals surface area contributed by atoms with Crippen molar-refractivity contribution < 1.29 is 14.3 Å². The monoisotopic (exact) mass is 362 g/mol. The largest absolute Gasteiger partial charge is 0.454 e. The van der Waals surface area contributed by atoms with Crippen LogP contribution in [0.3, 0.4) is 0 Å². The fraction of sp³-hybridized carbons (Fsp3) is 0.150. The summed E-state index contributed by atoms with van der Waals surface area (Å²) in [5.41, 5.74) is 1.86. The van der Waals surface area contributed by atoms with Gasteiger partial charge in [-0.1, -0.05) is 18.2 Å². The van der Waals surface area contributed by atoms with Gasteiger partial charge in [-0.15, -0.1) is 0 Å². The predicted octanol–water partition coefficient (Wildman–Crippen LogP) is 3.62. The van der Waals surface area contributed by atoms with Crippen LogP contribution in [0.4, 0.5) is 17.3 Å². The third-order valence-electron chi connectivity index (χ3n) is 4.13. The number of amides is 1. The molecule has 7 nitrogen and oxygen atoms in total. The van der Waals surface area contributed by atoms with E-state index in [4.69, 9.17) is 9.47 Å². The maximum atomic E-state index is 12.6. The minimum atomic E-state index is -0.318. The maximum absolute atomic E-state index is 12.6. The van der Waals surface area contributed by atoms with Crippen LogP contribution in [0.1, 0.15) is 17.4 Å². The van der Waals surface area contributed by atoms with Crippen LogP contribution in [0.2, 0.25) is 0 Å². The van der Waals surface area contributed by atoms with Crippen LogP contribution in [-0.2, 0) is 0 Å². The van der Waals surface area contributed by atoms with Gasteiger partial charge in [0.1, 0.15) is 5.69 Å². The Morgan fingerprint density at radius 3 is 2.74 bits per heavy atom. The Morgan fingerprint density at radius 2 is 1.93 bits per heavy atom. The second-order valence-electron chi connectivity index (χ2n) is 5.84. The molecule has 1 amide bonds. The lowest BCUT2D eigenvalue weighted by molar-refractivity contribution is 0.102. The summed E-state index contributed by atoms with van der Waals surface area (Å²) in [6, 6.07) is 16.6. The molecule has 7 heteroatoms. The summed E-state index contributed by atoms with van der Waals surface area (Å²) in [5.74, 6) is 1.43. The third-order valence-corrected chi connectivity index (χ3v) is 4.13. The number of ether oxygens (including phenoxy) is 2. The zero-order valence-corrected chi connectivity index (χ0v) is 14.8. The molecular formula is C20H18N4O3. The number of para-hydroxylation sites is 1. The number of nitrogens with one attached hydrogen (secondary N) is 1. The number of carbonyl (C=O) groups excluding carboxylic acids is 1. The van der Waals surface area contributed by atoms with E-state index in [-0.39, 0.29) is 18.4 Å². The van der Waals surface area contributed by atoms with E-state index in [2.05, 4.69) is 15.3 Å². The van der Waals surface area contributed by atoms with Gasteiger partial charge in [-0.2, -0.15) is 0 Å². The number of aromatic nitrogens is 2. The van der Waals surface area contributed by atoms with Crippen molar-refractivity contribution in [3.8, 4) is 11.5 Å². The first-order chi connectivity index (χ1) is 13.2. The van der Waals surface area contributed by atoms with Crippen molar-refractivity contribution in [1.29, 1.82) is 0 Å². The molecule has 1 aromatic heterocycles. The average molecular weight is 362 g/mol. The van der Waals surface area contributed by atoms with E-state index in [0.717, 1.165) is 5.69 Å². The number of hydrogen-bond donors (Lipinski definition) is 1. The van der Waals surface area contributed by atoms with E-state index >= 15 is 0 Å². The molecule has 0 aliphatic carbocycles. The summed E-state index contributed by atoms with van der Waals surface area (Å²) in [4.78, 5) is 23.3. The lowest BCUT2D eigenvalue weighted by Gasteiger charge is -2.21. The van der Waals surface area contributed by atoms with Gasteiger partial charge < -0.3 is 19.7 Å². The molecule has 0 unspecified atom stereocenters. The molecule has 3 aromatic rings. The zero-order valence-electron chi connectivity index (χ0n) is 14.8. The Kier molecular flexibility index (Phi) is 4.57. The van der Waals surface area contributed by atoms with E-state index in [9.17, 15) is 4.79 Å². The Bertz CT molecular complexity index is 962. The van der Waals surface area contributed by atoms with Gasteiger partial charge in [0.05, 0.1) is 0 Å². The topological polar surface area (TPSA) is 76.6 Å². The highest BCUT2D eigenvalue weighted by atomic mass is 16.7. The van der Waals surface area contributed by atoms with Crippen molar-refractivity contribution >= 4 is 23.2 Å². The Hall–Kier alpha value is -3.61. The van der Waals surface area contributed by atoms with Crippen molar-refractivity contribution in [2.45, 2.75) is 6.92 Å². The zero-order chi connectivity index (χ0) is 18.6. The molecule has 0 saturated heterocycles. The Balaban J connectivity index is 1.55. The van der Waals surface area contributed by atoms with E-state index < -0.39 is 0 Å². The van der Waals surface area contributed by atoms with Crippen LogP contribution in [-0.4, -0.2) is 29.2 Å². The molecule has 0 radical (unpaired) electrons. The van der Waals surface area contributed by atoms with Crippen LogP contribution in [0.15, 0.2) is 60.8 Å². The fourth-order valence-electron chi connectivity index (χ4n) is 2.82. The number of carbonyl (C=O) groups is 1. The highest BCUT2D eigenvalue weighted by Gasteiger charge is 2.17. The molecule has 0 spiro atoms. The number of anilines is 3. The molecule has 1 aliphatic rings. The fourth-order valence-corrected chi connectivity index (χ4v) is 2.82. The summed E-state index contributed by atoms with van der Waals surface area (Å²) in [7, 11) is 0. The van der Waals surface area contributed by atoms with Gasteiger partial charge in [-0.25, -0.2) is 9.97 Å². The molecule has 2 aromatic carbocycles. The standard InChI is InChI=1S/C20H18N4O3/c1-2-24(15-6-4-3-5-7-15)20-21-11-10-16(23-20)19(25)22-14-8-9-17-18(12-14)27-13-26-17/h3-12H,2,13H2,1H3,(H,22,25). The van der Waals surface area contributed by atoms with Crippen LogP contribution >= 0.6 is 0 Å². The van der Waals surface area contributed by atoms with Crippen molar-refractivity contribution in [2.75, 3.05) is 23.6 Å². The first-order valence-corrected chi connectivity index (χ1v) is 8.61.